The molecule has 0 unspecified atom stereocenters. The van der Waals surface area contributed by atoms with Gasteiger partial charge in [0.1, 0.15) is 11.2 Å². The molecule has 4 rings (SSSR count). The second-order valence-corrected chi connectivity index (χ2v) is 5.71. The molecule has 0 aliphatic rings. The minimum atomic E-state index is -1.34. The largest absolute Gasteiger partial charge is 0.477 e. The standard InChI is InChI=1S/C16H12N6O5/c1-7-18-9-4-8(2-3-12(9)27-7)6-17-13(23)10-5-11(14(24)25)22-15(19-10)20-16(26)21-22/h2-5H,6H2,1H3,(H,17,23)(H,21,26)(H,24,25). The van der Waals surface area contributed by atoms with Crippen molar-refractivity contribution >= 4 is 28.8 Å². The van der Waals surface area contributed by atoms with Gasteiger partial charge in [-0.1, -0.05) is 6.07 Å². The van der Waals surface area contributed by atoms with Crippen molar-refractivity contribution in [1.82, 2.24) is 29.9 Å². The third-order valence-corrected chi connectivity index (χ3v) is 3.81. The zero-order valence-electron chi connectivity index (χ0n) is 13.9. The Hall–Kier alpha value is -4.02. The van der Waals surface area contributed by atoms with Gasteiger partial charge in [0.15, 0.2) is 17.2 Å². The summed E-state index contributed by atoms with van der Waals surface area (Å²) in [6.45, 7) is 1.91. The lowest BCUT2D eigenvalue weighted by Gasteiger charge is -2.06. The number of rotatable bonds is 4. The van der Waals surface area contributed by atoms with Crippen molar-refractivity contribution in [1.29, 1.82) is 0 Å². The molecule has 11 heteroatoms. The van der Waals surface area contributed by atoms with E-state index in [0.29, 0.717) is 17.0 Å². The van der Waals surface area contributed by atoms with Crippen LogP contribution in [0.3, 0.4) is 0 Å². The fourth-order valence-electron chi connectivity index (χ4n) is 2.63. The summed E-state index contributed by atoms with van der Waals surface area (Å²) in [7, 11) is 0. The summed E-state index contributed by atoms with van der Waals surface area (Å²) >= 11 is 0. The van der Waals surface area contributed by atoms with Crippen molar-refractivity contribution < 1.29 is 19.1 Å². The van der Waals surface area contributed by atoms with E-state index >= 15 is 0 Å². The average molecular weight is 368 g/mol. The van der Waals surface area contributed by atoms with Crippen molar-refractivity contribution in [2.24, 2.45) is 0 Å². The third-order valence-electron chi connectivity index (χ3n) is 3.81. The second kappa shape index (κ2) is 6.05. The number of nitrogens with one attached hydrogen (secondary N) is 2. The van der Waals surface area contributed by atoms with Crippen molar-refractivity contribution in [3.8, 4) is 0 Å². The van der Waals surface area contributed by atoms with Gasteiger partial charge in [0.25, 0.3) is 11.7 Å². The van der Waals surface area contributed by atoms with E-state index in [1.807, 2.05) is 0 Å². The van der Waals surface area contributed by atoms with Gasteiger partial charge in [-0.3, -0.25) is 4.79 Å². The number of aromatic amines is 1. The molecule has 0 saturated carbocycles. The summed E-state index contributed by atoms with van der Waals surface area (Å²) in [5.74, 6) is -1.60. The molecule has 1 amide bonds. The van der Waals surface area contributed by atoms with Crippen LogP contribution in [-0.2, 0) is 6.54 Å². The quantitative estimate of drug-likeness (QED) is 0.470. The lowest BCUT2D eigenvalue weighted by atomic mass is 10.2. The number of aromatic nitrogens is 5. The van der Waals surface area contributed by atoms with Crippen molar-refractivity contribution in [3.63, 3.8) is 0 Å². The summed E-state index contributed by atoms with van der Waals surface area (Å²) in [6, 6.07) is 6.37. The van der Waals surface area contributed by atoms with E-state index in [1.165, 1.54) is 0 Å². The fourth-order valence-corrected chi connectivity index (χ4v) is 2.63. The molecular weight excluding hydrogens is 356 g/mol. The highest BCUT2D eigenvalue weighted by Crippen LogP contribution is 2.16. The van der Waals surface area contributed by atoms with Crippen LogP contribution in [0.5, 0.6) is 0 Å². The normalized spacial score (nSPS) is 11.1. The number of aryl methyl sites for hydroxylation is 1. The molecule has 11 nitrogen and oxygen atoms in total. The maximum Gasteiger partial charge on any atom is 0.363 e. The molecule has 3 aromatic heterocycles. The molecular formula is C16H12N6O5. The maximum atomic E-state index is 12.4. The number of nitrogens with zero attached hydrogens (tertiary/aromatic N) is 4. The number of H-pyrrole nitrogens is 1. The molecule has 0 fully saturated rings. The molecule has 0 saturated heterocycles. The molecule has 0 bridgehead atoms. The summed E-state index contributed by atoms with van der Waals surface area (Å²) in [5, 5.41) is 14.1. The molecule has 0 spiro atoms. The van der Waals surface area contributed by atoms with E-state index < -0.39 is 17.6 Å². The van der Waals surface area contributed by atoms with Gasteiger partial charge < -0.3 is 14.8 Å². The first-order valence-electron chi connectivity index (χ1n) is 7.78. The number of hydrogen-bond donors (Lipinski definition) is 3. The van der Waals surface area contributed by atoms with E-state index in [2.05, 4.69) is 25.4 Å². The topological polar surface area (TPSA) is 155 Å². The lowest BCUT2D eigenvalue weighted by Crippen LogP contribution is -2.25. The first-order chi connectivity index (χ1) is 12.9. The SMILES string of the molecule is Cc1nc2cc(CNC(=O)c3cc(C(=O)O)n4[nH]c(=O)nc4n3)ccc2o1. The van der Waals surface area contributed by atoms with Crippen LogP contribution in [0.15, 0.2) is 33.5 Å². The van der Waals surface area contributed by atoms with Gasteiger partial charge >= 0.3 is 11.7 Å². The van der Waals surface area contributed by atoms with Crippen molar-refractivity contribution in [2.45, 2.75) is 13.5 Å². The van der Waals surface area contributed by atoms with E-state index in [-0.39, 0.29) is 23.7 Å². The highest BCUT2D eigenvalue weighted by molar-refractivity contribution is 5.95. The number of aromatic carboxylic acids is 1. The fraction of sp³-hybridized carbons (Fsp3) is 0.125. The van der Waals surface area contributed by atoms with Crippen LogP contribution in [0, 0.1) is 6.92 Å². The molecule has 0 aliphatic carbocycles. The van der Waals surface area contributed by atoms with Gasteiger partial charge in [-0.25, -0.2) is 29.2 Å². The first kappa shape index (κ1) is 16.4. The molecule has 3 heterocycles. The monoisotopic (exact) mass is 368 g/mol. The highest BCUT2D eigenvalue weighted by Gasteiger charge is 2.18. The van der Waals surface area contributed by atoms with Gasteiger partial charge in [0, 0.05) is 19.5 Å². The van der Waals surface area contributed by atoms with Crippen LogP contribution in [0.4, 0.5) is 0 Å². The number of oxazole rings is 1. The Morgan fingerprint density at radius 3 is 2.85 bits per heavy atom. The van der Waals surface area contributed by atoms with Gasteiger partial charge in [-0.05, 0) is 17.7 Å². The Morgan fingerprint density at radius 1 is 1.26 bits per heavy atom. The van der Waals surface area contributed by atoms with Crippen molar-refractivity contribution in [3.05, 3.63) is 57.6 Å². The minimum absolute atomic E-state index is 0.169. The predicted octanol–water partition coefficient (Wildman–Crippen LogP) is 0.495. The molecule has 0 aliphatic heterocycles. The van der Waals surface area contributed by atoms with Crippen LogP contribution < -0.4 is 11.0 Å². The van der Waals surface area contributed by atoms with E-state index in [4.69, 9.17) is 4.42 Å². The van der Waals surface area contributed by atoms with Gasteiger partial charge in [-0.2, -0.15) is 4.98 Å². The number of carbonyl (C=O) groups is 2. The average Bonchev–Trinajstić information content (AvgIpc) is 3.18. The Balaban J connectivity index is 1.60. The Labute approximate surface area is 149 Å². The smallest absolute Gasteiger partial charge is 0.363 e. The first-order valence-corrected chi connectivity index (χ1v) is 7.78. The summed E-state index contributed by atoms with van der Waals surface area (Å²) in [6.07, 6.45) is 0. The van der Waals surface area contributed by atoms with Gasteiger partial charge in [0.2, 0.25) is 0 Å². The summed E-state index contributed by atoms with van der Waals surface area (Å²) < 4.78 is 6.30. The second-order valence-electron chi connectivity index (χ2n) is 5.71. The Bertz CT molecular complexity index is 1270. The van der Waals surface area contributed by atoms with Crippen molar-refractivity contribution in [2.75, 3.05) is 0 Å². The third kappa shape index (κ3) is 3.01. The molecule has 0 radical (unpaired) electrons. The van der Waals surface area contributed by atoms with Crippen LogP contribution in [-0.4, -0.2) is 41.5 Å². The van der Waals surface area contributed by atoms with Gasteiger partial charge in [0.05, 0.1) is 0 Å². The van der Waals surface area contributed by atoms with E-state index in [0.717, 1.165) is 16.1 Å². The number of amides is 1. The molecule has 0 atom stereocenters. The zero-order valence-corrected chi connectivity index (χ0v) is 13.9. The van der Waals surface area contributed by atoms with Gasteiger partial charge in [-0.15, -0.1) is 0 Å². The number of hydrogen-bond acceptors (Lipinski definition) is 7. The number of carbonyl (C=O) groups excluding carboxylic acids is 1. The number of fused-ring (bicyclic) bond motifs is 2. The highest BCUT2D eigenvalue weighted by atomic mass is 16.4. The van der Waals surface area contributed by atoms with Crippen LogP contribution in [0.25, 0.3) is 16.9 Å². The van der Waals surface area contributed by atoms with Crippen LogP contribution in [0.1, 0.15) is 32.4 Å². The number of carboxylic acids is 1. The predicted molar refractivity (Wildman–Crippen MR) is 90.5 cm³/mol. The Kier molecular flexibility index (Phi) is 3.69. The molecule has 4 aromatic rings. The van der Waals surface area contributed by atoms with E-state index in [9.17, 15) is 19.5 Å². The number of carboxylic acid groups (broad SMARTS) is 1. The van der Waals surface area contributed by atoms with E-state index in [1.54, 1.807) is 25.1 Å². The molecule has 136 valence electrons. The van der Waals surface area contributed by atoms with Crippen LogP contribution in [0.2, 0.25) is 0 Å². The maximum absolute atomic E-state index is 12.4. The van der Waals surface area contributed by atoms with Crippen LogP contribution >= 0.6 is 0 Å². The molecule has 1 aromatic carbocycles. The summed E-state index contributed by atoms with van der Waals surface area (Å²) in [5.41, 5.74) is 0.822. The lowest BCUT2D eigenvalue weighted by molar-refractivity contribution is 0.0687. The zero-order chi connectivity index (χ0) is 19.1. The Morgan fingerprint density at radius 2 is 2.07 bits per heavy atom. The molecule has 3 N–H and O–H groups in total. The minimum Gasteiger partial charge on any atom is -0.477 e. The summed E-state index contributed by atoms with van der Waals surface area (Å²) in [4.78, 5) is 46.8. The number of benzene rings is 1. The molecule has 27 heavy (non-hydrogen) atoms.